The summed E-state index contributed by atoms with van der Waals surface area (Å²) >= 11 is 1.41. The molecule has 0 bridgehead atoms. The van der Waals surface area contributed by atoms with E-state index in [-0.39, 0.29) is 23.9 Å². The van der Waals surface area contributed by atoms with Crippen LogP contribution in [0.25, 0.3) is 10.2 Å². The molecular weight excluding hydrogens is 364 g/mol. The molecule has 0 unspecified atom stereocenters. The predicted molar refractivity (Wildman–Crippen MR) is 102 cm³/mol. The zero-order valence-corrected chi connectivity index (χ0v) is 16.2. The Morgan fingerprint density at radius 3 is 3.04 bits per heavy atom. The van der Waals surface area contributed by atoms with E-state index in [0.717, 1.165) is 10.2 Å². The van der Waals surface area contributed by atoms with Crippen LogP contribution in [0, 0.1) is 5.92 Å². The number of fused-ring (bicyclic) bond motifs is 1. The molecule has 142 valence electrons. The maximum Gasteiger partial charge on any atom is 0.254 e. The van der Waals surface area contributed by atoms with Gasteiger partial charge in [0, 0.05) is 18.5 Å². The maximum atomic E-state index is 13.2. The first-order valence-electron chi connectivity index (χ1n) is 9.34. The van der Waals surface area contributed by atoms with Crippen molar-refractivity contribution in [2.24, 2.45) is 5.92 Å². The van der Waals surface area contributed by atoms with Crippen molar-refractivity contribution in [2.75, 3.05) is 18.9 Å². The summed E-state index contributed by atoms with van der Waals surface area (Å²) in [6, 6.07) is 5.35. The van der Waals surface area contributed by atoms with E-state index in [1.165, 1.54) is 11.3 Å². The summed E-state index contributed by atoms with van der Waals surface area (Å²) in [4.78, 5) is 34.0. The van der Waals surface area contributed by atoms with Crippen molar-refractivity contribution in [1.82, 2.24) is 14.8 Å². The Morgan fingerprint density at radius 1 is 1.44 bits per heavy atom. The fourth-order valence-electron chi connectivity index (χ4n) is 4.86. The minimum Gasteiger partial charge on any atom is -0.375 e. The van der Waals surface area contributed by atoms with Crippen LogP contribution >= 0.6 is 11.3 Å². The van der Waals surface area contributed by atoms with Gasteiger partial charge in [-0.05, 0) is 24.1 Å². The molecule has 2 N–H and O–H groups in total. The Morgan fingerprint density at radius 2 is 2.26 bits per heavy atom. The van der Waals surface area contributed by atoms with E-state index in [0.29, 0.717) is 42.6 Å². The number of thiazole rings is 1. The monoisotopic (exact) mass is 386 g/mol. The Balaban J connectivity index is 1.47. The van der Waals surface area contributed by atoms with Crippen LogP contribution in [-0.4, -0.2) is 57.6 Å². The second kappa shape index (κ2) is 5.65. The number of amides is 2. The third kappa shape index (κ3) is 2.26. The second-order valence-electron chi connectivity index (χ2n) is 7.93. The van der Waals surface area contributed by atoms with Gasteiger partial charge < -0.3 is 20.3 Å². The molecular formula is C19H22N4O3S. The molecule has 2 aromatic rings. The molecule has 2 amide bonds. The summed E-state index contributed by atoms with van der Waals surface area (Å²) in [5, 5.41) is 0.492. The van der Waals surface area contributed by atoms with E-state index in [1.807, 2.05) is 21.9 Å². The Kier molecular flexibility index (Phi) is 3.55. The number of hydrogen-bond acceptors (Lipinski definition) is 6. The molecule has 27 heavy (non-hydrogen) atoms. The van der Waals surface area contributed by atoms with Gasteiger partial charge in [-0.1, -0.05) is 25.2 Å². The van der Waals surface area contributed by atoms with Gasteiger partial charge in [0.05, 0.1) is 35.3 Å². The van der Waals surface area contributed by atoms with Crippen molar-refractivity contribution < 1.29 is 14.3 Å². The molecule has 3 atom stereocenters. The summed E-state index contributed by atoms with van der Waals surface area (Å²) < 4.78 is 7.17. The number of carbonyl (C=O) groups excluding carboxylic acids is 2. The lowest BCUT2D eigenvalue weighted by Crippen LogP contribution is -2.51. The van der Waals surface area contributed by atoms with Crippen LogP contribution in [0.1, 0.15) is 37.0 Å². The molecule has 8 heteroatoms. The fourth-order valence-corrected chi connectivity index (χ4v) is 5.57. The number of nitrogens with zero attached hydrogens (tertiary/aromatic N) is 3. The van der Waals surface area contributed by atoms with Gasteiger partial charge in [-0.3, -0.25) is 9.59 Å². The normalized spacial score (nSPS) is 29.8. The summed E-state index contributed by atoms with van der Waals surface area (Å²) in [5.41, 5.74) is 6.44. The highest BCUT2D eigenvalue weighted by molar-refractivity contribution is 7.22. The fraction of sp³-hybridized carbons (Fsp3) is 0.526. The SMILES string of the molecule is CC(C)[C@@H]1CO[C@@]23CCN(C(=O)c4ccc5sc(N)nc5c4)[C@@H]2CC(=O)N13. The molecule has 1 aromatic carbocycles. The highest BCUT2D eigenvalue weighted by Gasteiger charge is 2.65. The molecule has 0 saturated carbocycles. The van der Waals surface area contributed by atoms with Crippen molar-refractivity contribution in [2.45, 2.75) is 44.5 Å². The Bertz CT molecular complexity index is 958. The van der Waals surface area contributed by atoms with Crippen LogP contribution in [0.5, 0.6) is 0 Å². The predicted octanol–water partition coefficient (Wildman–Crippen LogP) is 2.08. The summed E-state index contributed by atoms with van der Waals surface area (Å²) in [6.45, 7) is 5.36. The summed E-state index contributed by atoms with van der Waals surface area (Å²) in [6.07, 6.45) is 1.01. The number of anilines is 1. The number of nitrogens with two attached hydrogens (primary N) is 1. The van der Waals surface area contributed by atoms with E-state index in [1.54, 1.807) is 6.07 Å². The molecule has 0 aliphatic carbocycles. The molecule has 1 spiro atoms. The lowest BCUT2D eigenvalue weighted by Gasteiger charge is -2.34. The first-order chi connectivity index (χ1) is 12.9. The van der Waals surface area contributed by atoms with Gasteiger partial charge in [-0.25, -0.2) is 4.98 Å². The number of ether oxygens (including phenoxy) is 1. The molecule has 4 heterocycles. The van der Waals surface area contributed by atoms with Crippen LogP contribution in [0.4, 0.5) is 5.13 Å². The summed E-state index contributed by atoms with van der Waals surface area (Å²) in [5.74, 6) is 0.349. The smallest absolute Gasteiger partial charge is 0.254 e. The van der Waals surface area contributed by atoms with E-state index < -0.39 is 5.72 Å². The average Bonchev–Trinajstić information content (AvgIpc) is 3.33. The Hall–Kier alpha value is -2.19. The van der Waals surface area contributed by atoms with E-state index in [4.69, 9.17) is 10.5 Å². The number of likely N-dealkylation sites (tertiary alicyclic amines) is 1. The number of carbonyl (C=O) groups is 2. The van der Waals surface area contributed by atoms with Crippen molar-refractivity contribution in [3.63, 3.8) is 0 Å². The number of rotatable bonds is 2. The second-order valence-corrected chi connectivity index (χ2v) is 9.00. The minimum absolute atomic E-state index is 0.0726. The highest BCUT2D eigenvalue weighted by atomic mass is 32.1. The molecule has 3 aliphatic rings. The lowest BCUT2D eigenvalue weighted by atomic mass is 10.0. The first-order valence-corrected chi connectivity index (χ1v) is 10.2. The van der Waals surface area contributed by atoms with E-state index >= 15 is 0 Å². The molecule has 3 fully saturated rings. The quantitative estimate of drug-likeness (QED) is 0.854. The number of aromatic nitrogens is 1. The first kappa shape index (κ1) is 16.9. The van der Waals surface area contributed by atoms with Crippen molar-refractivity contribution in [3.05, 3.63) is 23.8 Å². The van der Waals surface area contributed by atoms with Gasteiger partial charge in [0.25, 0.3) is 5.91 Å². The molecule has 1 aromatic heterocycles. The zero-order chi connectivity index (χ0) is 18.9. The van der Waals surface area contributed by atoms with Gasteiger partial charge in [-0.15, -0.1) is 0 Å². The van der Waals surface area contributed by atoms with Crippen molar-refractivity contribution in [3.8, 4) is 0 Å². The van der Waals surface area contributed by atoms with Gasteiger partial charge in [0.1, 0.15) is 0 Å². The standard InChI is InChI=1S/C19H22N4O3S/c1-10(2)13-9-26-19-5-6-22(15(19)8-16(24)23(13)19)17(25)11-3-4-14-12(7-11)21-18(20)27-14/h3-4,7,10,13,15H,5-6,8-9H2,1-2H3,(H2,20,21)/t13-,15+,19-/m0/s1. The maximum absolute atomic E-state index is 13.2. The highest BCUT2D eigenvalue weighted by Crippen LogP contribution is 2.49. The topological polar surface area (TPSA) is 88.8 Å². The summed E-state index contributed by atoms with van der Waals surface area (Å²) in [7, 11) is 0. The third-order valence-electron chi connectivity index (χ3n) is 6.17. The third-order valence-corrected chi connectivity index (χ3v) is 7.03. The molecule has 7 nitrogen and oxygen atoms in total. The lowest BCUT2D eigenvalue weighted by molar-refractivity contribution is -0.139. The van der Waals surface area contributed by atoms with Gasteiger partial charge in [-0.2, -0.15) is 0 Å². The minimum atomic E-state index is -0.642. The molecule has 5 rings (SSSR count). The number of hydrogen-bond donors (Lipinski definition) is 1. The largest absolute Gasteiger partial charge is 0.375 e. The van der Waals surface area contributed by atoms with Crippen LogP contribution in [0.15, 0.2) is 18.2 Å². The Labute approximate surface area is 161 Å². The van der Waals surface area contributed by atoms with Crippen molar-refractivity contribution in [1.29, 1.82) is 0 Å². The van der Waals surface area contributed by atoms with Crippen LogP contribution in [0.3, 0.4) is 0 Å². The average molecular weight is 386 g/mol. The van der Waals surface area contributed by atoms with Gasteiger partial charge in [0.2, 0.25) is 5.91 Å². The van der Waals surface area contributed by atoms with E-state index in [9.17, 15) is 9.59 Å². The molecule has 3 aliphatic heterocycles. The zero-order valence-electron chi connectivity index (χ0n) is 15.3. The molecule has 0 radical (unpaired) electrons. The van der Waals surface area contributed by atoms with E-state index in [2.05, 4.69) is 18.8 Å². The van der Waals surface area contributed by atoms with Crippen LogP contribution < -0.4 is 5.73 Å². The van der Waals surface area contributed by atoms with Gasteiger partial charge in [0.15, 0.2) is 10.9 Å². The van der Waals surface area contributed by atoms with Crippen LogP contribution in [0.2, 0.25) is 0 Å². The van der Waals surface area contributed by atoms with Gasteiger partial charge >= 0.3 is 0 Å². The molecule has 3 saturated heterocycles. The number of benzene rings is 1. The van der Waals surface area contributed by atoms with Crippen LogP contribution in [-0.2, 0) is 9.53 Å². The van der Waals surface area contributed by atoms with Crippen molar-refractivity contribution >= 4 is 38.5 Å². The number of nitrogen functional groups attached to an aromatic ring is 1.